The maximum absolute atomic E-state index is 12.6. The maximum Gasteiger partial charge on any atom is 0.263 e. The second-order valence-electron chi connectivity index (χ2n) is 5.94. The molecular formula is C18H22N4O2. The molecule has 0 radical (unpaired) electrons. The average molecular weight is 326 g/mol. The van der Waals surface area contributed by atoms with Gasteiger partial charge >= 0.3 is 0 Å². The standard InChI is InChI=1S/C18H22N4O2/c1-14-5-3-6-16(13-14)24-15(2)17(23)21-9-11-22(12-10-21)18-19-7-4-8-20-18/h3-8,13,15H,9-12H2,1-2H3/t15-/m1/s1. The second-order valence-corrected chi connectivity index (χ2v) is 5.94. The van der Waals surface area contributed by atoms with Crippen molar-refractivity contribution in [1.82, 2.24) is 14.9 Å². The van der Waals surface area contributed by atoms with Crippen LogP contribution in [0.15, 0.2) is 42.7 Å². The SMILES string of the molecule is Cc1cccc(O[C@H](C)C(=O)N2CCN(c3ncccn3)CC2)c1. The molecule has 0 N–H and O–H groups in total. The molecule has 0 saturated carbocycles. The van der Waals surface area contributed by atoms with Gasteiger partial charge in [0, 0.05) is 38.6 Å². The van der Waals surface area contributed by atoms with E-state index in [0.717, 1.165) is 24.4 Å². The Morgan fingerprint density at radius 1 is 1.12 bits per heavy atom. The minimum Gasteiger partial charge on any atom is -0.481 e. The molecule has 0 bridgehead atoms. The van der Waals surface area contributed by atoms with E-state index in [1.54, 1.807) is 25.4 Å². The molecule has 1 atom stereocenters. The minimum absolute atomic E-state index is 0.0186. The van der Waals surface area contributed by atoms with E-state index in [4.69, 9.17) is 4.74 Å². The highest BCUT2D eigenvalue weighted by Gasteiger charge is 2.26. The first-order valence-corrected chi connectivity index (χ1v) is 8.17. The van der Waals surface area contributed by atoms with Crippen LogP contribution in [0.3, 0.4) is 0 Å². The third-order valence-corrected chi connectivity index (χ3v) is 4.08. The van der Waals surface area contributed by atoms with Gasteiger partial charge in [-0.15, -0.1) is 0 Å². The van der Waals surface area contributed by atoms with Gasteiger partial charge in [-0.1, -0.05) is 12.1 Å². The van der Waals surface area contributed by atoms with E-state index in [1.165, 1.54) is 0 Å². The molecule has 6 nitrogen and oxygen atoms in total. The molecule has 24 heavy (non-hydrogen) atoms. The molecule has 1 aromatic heterocycles. The first kappa shape index (κ1) is 16.2. The monoisotopic (exact) mass is 326 g/mol. The molecule has 126 valence electrons. The molecule has 3 rings (SSSR count). The van der Waals surface area contributed by atoms with Gasteiger partial charge < -0.3 is 14.5 Å². The molecule has 1 aliphatic heterocycles. The van der Waals surface area contributed by atoms with Gasteiger partial charge in [0.1, 0.15) is 5.75 Å². The normalized spacial score (nSPS) is 15.9. The molecule has 6 heteroatoms. The fourth-order valence-corrected chi connectivity index (χ4v) is 2.78. The lowest BCUT2D eigenvalue weighted by Gasteiger charge is -2.35. The molecule has 1 amide bonds. The summed E-state index contributed by atoms with van der Waals surface area (Å²) in [6, 6.07) is 9.55. The van der Waals surface area contributed by atoms with E-state index in [0.29, 0.717) is 19.0 Å². The van der Waals surface area contributed by atoms with Crippen molar-refractivity contribution in [2.75, 3.05) is 31.1 Å². The van der Waals surface area contributed by atoms with Crippen molar-refractivity contribution in [3.8, 4) is 5.75 Å². The molecule has 1 aliphatic rings. The molecule has 1 fully saturated rings. The Kier molecular flexibility index (Phi) is 4.93. The molecule has 0 aliphatic carbocycles. The summed E-state index contributed by atoms with van der Waals surface area (Å²) in [7, 11) is 0. The van der Waals surface area contributed by atoms with Crippen molar-refractivity contribution >= 4 is 11.9 Å². The predicted molar refractivity (Wildman–Crippen MR) is 92.1 cm³/mol. The lowest BCUT2D eigenvalue weighted by atomic mass is 10.2. The number of aryl methyl sites for hydroxylation is 1. The number of ether oxygens (including phenoxy) is 1. The third kappa shape index (κ3) is 3.82. The van der Waals surface area contributed by atoms with Crippen LogP contribution in [0.2, 0.25) is 0 Å². The Morgan fingerprint density at radius 2 is 1.83 bits per heavy atom. The van der Waals surface area contributed by atoms with Crippen molar-refractivity contribution in [3.63, 3.8) is 0 Å². The minimum atomic E-state index is -0.494. The Bertz CT molecular complexity index is 684. The number of aromatic nitrogens is 2. The van der Waals surface area contributed by atoms with Crippen molar-refractivity contribution in [2.24, 2.45) is 0 Å². The summed E-state index contributed by atoms with van der Waals surface area (Å²) < 4.78 is 5.79. The molecule has 1 saturated heterocycles. The van der Waals surface area contributed by atoms with Gasteiger partial charge in [0.25, 0.3) is 5.91 Å². The van der Waals surface area contributed by atoms with Crippen LogP contribution in [-0.2, 0) is 4.79 Å². The van der Waals surface area contributed by atoms with Crippen LogP contribution in [0.25, 0.3) is 0 Å². The van der Waals surface area contributed by atoms with Gasteiger partial charge in [-0.05, 0) is 37.6 Å². The van der Waals surface area contributed by atoms with Gasteiger partial charge in [-0.3, -0.25) is 4.79 Å². The zero-order valence-corrected chi connectivity index (χ0v) is 14.1. The van der Waals surface area contributed by atoms with E-state index in [9.17, 15) is 4.79 Å². The van der Waals surface area contributed by atoms with Gasteiger partial charge in [-0.2, -0.15) is 0 Å². The Hall–Kier alpha value is -2.63. The van der Waals surface area contributed by atoms with E-state index in [2.05, 4.69) is 14.9 Å². The van der Waals surface area contributed by atoms with Crippen LogP contribution in [-0.4, -0.2) is 53.1 Å². The van der Waals surface area contributed by atoms with E-state index < -0.39 is 6.10 Å². The summed E-state index contributed by atoms with van der Waals surface area (Å²) in [4.78, 5) is 25.0. The van der Waals surface area contributed by atoms with Crippen LogP contribution in [0.4, 0.5) is 5.95 Å². The Morgan fingerprint density at radius 3 is 2.50 bits per heavy atom. The molecule has 2 heterocycles. The molecule has 0 unspecified atom stereocenters. The first-order chi connectivity index (χ1) is 11.6. The molecule has 1 aromatic carbocycles. The summed E-state index contributed by atoms with van der Waals surface area (Å²) in [6.07, 6.45) is 2.97. The molecule has 2 aromatic rings. The Labute approximate surface area is 142 Å². The van der Waals surface area contributed by atoms with Crippen LogP contribution in [0.1, 0.15) is 12.5 Å². The van der Waals surface area contributed by atoms with Crippen LogP contribution >= 0.6 is 0 Å². The number of nitrogens with zero attached hydrogens (tertiary/aromatic N) is 4. The number of piperazine rings is 1. The van der Waals surface area contributed by atoms with Crippen LogP contribution in [0.5, 0.6) is 5.75 Å². The highest BCUT2D eigenvalue weighted by atomic mass is 16.5. The average Bonchev–Trinajstić information content (AvgIpc) is 2.62. The van der Waals surface area contributed by atoms with Gasteiger partial charge in [0.05, 0.1) is 0 Å². The fourth-order valence-electron chi connectivity index (χ4n) is 2.78. The largest absolute Gasteiger partial charge is 0.481 e. The molecular weight excluding hydrogens is 304 g/mol. The topological polar surface area (TPSA) is 58.6 Å². The maximum atomic E-state index is 12.6. The lowest BCUT2D eigenvalue weighted by Crippen LogP contribution is -2.52. The molecule has 0 spiro atoms. The number of amides is 1. The third-order valence-electron chi connectivity index (χ3n) is 4.08. The zero-order valence-electron chi connectivity index (χ0n) is 14.1. The van der Waals surface area contributed by atoms with Crippen LogP contribution in [0, 0.1) is 6.92 Å². The highest BCUT2D eigenvalue weighted by Crippen LogP contribution is 2.16. The van der Waals surface area contributed by atoms with Gasteiger partial charge in [0.2, 0.25) is 5.95 Å². The number of anilines is 1. The summed E-state index contributed by atoms with van der Waals surface area (Å²) in [5.41, 5.74) is 1.11. The van der Waals surface area contributed by atoms with Crippen molar-refractivity contribution < 1.29 is 9.53 Å². The zero-order chi connectivity index (χ0) is 16.9. The smallest absolute Gasteiger partial charge is 0.263 e. The van der Waals surface area contributed by atoms with Crippen molar-refractivity contribution in [1.29, 1.82) is 0 Å². The van der Waals surface area contributed by atoms with Crippen molar-refractivity contribution in [2.45, 2.75) is 20.0 Å². The van der Waals surface area contributed by atoms with Gasteiger partial charge in [-0.25, -0.2) is 9.97 Å². The highest BCUT2D eigenvalue weighted by molar-refractivity contribution is 5.81. The number of rotatable bonds is 4. The summed E-state index contributed by atoms with van der Waals surface area (Å²) in [5.74, 6) is 1.46. The summed E-state index contributed by atoms with van der Waals surface area (Å²) in [6.45, 7) is 6.57. The quantitative estimate of drug-likeness (QED) is 0.859. The Balaban J connectivity index is 1.55. The summed E-state index contributed by atoms with van der Waals surface area (Å²) in [5, 5.41) is 0. The van der Waals surface area contributed by atoms with Gasteiger partial charge in [0.15, 0.2) is 6.10 Å². The number of benzene rings is 1. The fraction of sp³-hybridized carbons (Fsp3) is 0.389. The van der Waals surface area contributed by atoms with E-state index >= 15 is 0 Å². The predicted octanol–water partition coefficient (Wildman–Crippen LogP) is 1.90. The number of carbonyl (C=O) groups is 1. The number of hydrogen-bond donors (Lipinski definition) is 0. The summed E-state index contributed by atoms with van der Waals surface area (Å²) >= 11 is 0. The van der Waals surface area contributed by atoms with Crippen LogP contribution < -0.4 is 9.64 Å². The van der Waals surface area contributed by atoms with E-state index in [1.807, 2.05) is 36.1 Å². The second kappa shape index (κ2) is 7.29. The first-order valence-electron chi connectivity index (χ1n) is 8.17. The lowest BCUT2D eigenvalue weighted by molar-refractivity contribution is -0.138. The number of carbonyl (C=O) groups excluding carboxylic acids is 1. The van der Waals surface area contributed by atoms with Crippen molar-refractivity contribution in [3.05, 3.63) is 48.3 Å². The number of hydrogen-bond acceptors (Lipinski definition) is 5. The van der Waals surface area contributed by atoms with E-state index in [-0.39, 0.29) is 5.91 Å².